The number of pyridine rings is 1. The van der Waals surface area contributed by atoms with Crippen LogP contribution in [0.15, 0.2) is 24.3 Å². The number of aromatic amines is 1. The van der Waals surface area contributed by atoms with E-state index >= 15 is 0 Å². The van der Waals surface area contributed by atoms with Gasteiger partial charge in [0.05, 0.1) is 10.7 Å². The highest BCUT2D eigenvalue weighted by molar-refractivity contribution is 6.36. The molecule has 0 spiro atoms. The van der Waals surface area contributed by atoms with Crippen molar-refractivity contribution in [2.24, 2.45) is 0 Å². The number of hydrogen-bond donors (Lipinski definition) is 1. The van der Waals surface area contributed by atoms with E-state index in [1.54, 1.807) is 12.1 Å². The number of fused-ring (bicyclic) bond motifs is 1. The summed E-state index contributed by atoms with van der Waals surface area (Å²) in [7, 11) is 0. The largest absolute Gasteiger partial charge is 0.275 e. The van der Waals surface area contributed by atoms with Gasteiger partial charge in [0.2, 0.25) is 0 Å². The van der Waals surface area contributed by atoms with Crippen LogP contribution in [0.3, 0.4) is 0 Å². The Morgan fingerprint density at radius 1 is 1.05 bits per heavy atom. The first kappa shape index (κ1) is 12.5. The van der Waals surface area contributed by atoms with E-state index in [1.807, 2.05) is 26.0 Å². The molecule has 0 aliphatic heterocycles. The number of hydrogen-bond acceptors (Lipinski definition) is 2. The summed E-state index contributed by atoms with van der Waals surface area (Å²) in [6.45, 7) is 3.98. The molecule has 0 amide bonds. The molecule has 3 rings (SSSR count). The molecule has 1 aromatic carbocycles. The topological polar surface area (TPSA) is 41.6 Å². The average molecular weight is 292 g/mol. The predicted molar refractivity (Wildman–Crippen MR) is 78.8 cm³/mol. The van der Waals surface area contributed by atoms with Gasteiger partial charge < -0.3 is 0 Å². The van der Waals surface area contributed by atoms with Crippen LogP contribution in [0, 0.1) is 13.8 Å². The van der Waals surface area contributed by atoms with E-state index in [2.05, 4.69) is 15.2 Å². The van der Waals surface area contributed by atoms with E-state index in [0.717, 1.165) is 33.5 Å². The van der Waals surface area contributed by atoms with Crippen LogP contribution in [0.5, 0.6) is 0 Å². The normalized spacial score (nSPS) is 11.2. The molecule has 0 fully saturated rings. The van der Waals surface area contributed by atoms with Crippen molar-refractivity contribution in [2.75, 3.05) is 0 Å². The lowest BCUT2D eigenvalue weighted by molar-refractivity contribution is 1.12. The Labute approximate surface area is 120 Å². The summed E-state index contributed by atoms with van der Waals surface area (Å²) in [5.74, 6) is 0. The van der Waals surface area contributed by atoms with Gasteiger partial charge in [-0.1, -0.05) is 23.2 Å². The van der Waals surface area contributed by atoms with Gasteiger partial charge in [-0.2, -0.15) is 5.10 Å². The fourth-order valence-corrected chi connectivity index (χ4v) is 2.69. The van der Waals surface area contributed by atoms with Gasteiger partial charge >= 0.3 is 0 Å². The van der Waals surface area contributed by atoms with Gasteiger partial charge in [-0.05, 0) is 43.7 Å². The highest BCUT2D eigenvalue weighted by Crippen LogP contribution is 2.33. The summed E-state index contributed by atoms with van der Waals surface area (Å²) in [5, 5.41) is 8.53. The summed E-state index contributed by atoms with van der Waals surface area (Å²) in [6, 6.07) is 7.40. The molecule has 0 saturated heterocycles. The monoisotopic (exact) mass is 291 g/mol. The number of H-pyrrole nitrogens is 1. The third kappa shape index (κ3) is 2.09. The molecule has 0 bridgehead atoms. The third-order valence-corrected chi connectivity index (χ3v) is 3.58. The van der Waals surface area contributed by atoms with Gasteiger partial charge in [-0.15, -0.1) is 0 Å². The van der Waals surface area contributed by atoms with Gasteiger partial charge in [0.15, 0.2) is 0 Å². The van der Waals surface area contributed by atoms with Crippen molar-refractivity contribution < 1.29 is 0 Å². The lowest BCUT2D eigenvalue weighted by atomic mass is 10.1. The Kier molecular flexibility index (Phi) is 2.96. The molecule has 19 heavy (non-hydrogen) atoms. The second-order valence-electron chi connectivity index (χ2n) is 4.50. The van der Waals surface area contributed by atoms with Gasteiger partial charge in [-0.3, -0.25) is 5.10 Å². The molecule has 3 aromatic rings. The van der Waals surface area contributed by atoms with Crippen LogP contribution in [0.25, 0.3) is 22.3 Å². The van der Waals surface area contributed by atoms with Crippen LogP contribution in [0.1, 0.15) is 11.3 Å². The maximum Gasteiger partial charge on any atom is 0.117 e. The Morgan fingerprint density at radius 3 is 2.58 bits per heavy atom. The maximum atomic E-state index is 6.24. The maximum absolute atomic E-state index is 6.24. The van der Waals surface area contributed by atoms with Crippen molar-refractivity contribution >= 4 is 34.2 Å². The number of halogens is 2. The minimum absolute atomic E-state index is 0.582. The molecule has 1 N–H and O–H groups in total. The number of nitrogens with one attached hydrogen (secondary N) is 1. The van der Waals surface area contributed by atoms with Crippen molar-refractivity contribution in [1.29, 1.82) is 0 Å². The molecule has 2 aromatic heterocycles. The number of nitrogens with zero attached hydrogens (tertiary/aromatic N) is 2. The van der Waals surface area contributed by atoms with Crippen molar-refractivity contribution in [1.82, 2.24) is 15.2 Å². The Hall–Kier alpha value is -1.58. The molecule has 0 aliphatic rings. The molecular weight excluding hydrogens is 281 g/mol. The zero-order valence-corrected chi connectivity index (χ0v) is 12.0. The van der Waals surface area contributed by atoms with Crippen molar-refractivity contribution in [3.8, 4) is 11.3 Å². The Morgan fingerprint density at radius 2 is 1.84 bits per heavy atom. The standard InChI is InChI=1S/C14H11Cl2N3/c1-7-5-8(2)17-14-12(7)18-19-13(14)10-4-3-9(15)6-11(10)16/h3-6H,1-2H3,(H,18,19). The molecule has 0 aliphatic carbocycles. The van der Waals surface area contributed by atoms with Crippen molar-refractivity contribution in [3.63, 3.8) is 0 Å². The molecule has 0 radical (unpaired) electrons. The zero-order valence-electron chi connectivity index (χ0n) is 10.5. The van der Waals surface area contributed by atoms with E-state index < -0.39 is 0 Å². The fourth-order valence-electron chi connectivity index (χ4n) is 2.19. The molecule has 3 nitrogen and oxygen atoms in total. The summed E-state index contributed by atoms with van der Waals surface area (Å²) >= 11 is 12.2. The second-order valence-corrected chi connectivity index (χ2v) is 5.34. The lowest BCUT2D eigenvalue weighted by Crippen LogP contribution is -1.87. The minimum Gasteiger partial charge on any atom is -0.275 e. The first-order valence-electron chi connectivity index (χ1n) is 5.84. The lowest BCUT2D eigenvalue weighted by Gasteiger charge is -2.03. The minimum atomic E-state index is 0.582. The Bertz CT molecular complexity index is 778. The van der Waals surface area contributed by atoms with Crippen LogP contribution in [-0.4, -0.2) is 15.2 Å². The first-order chi connectivity index (χ1) is 9.06. The highest BCUT2D eigenvalue weighted by Gasteiger charge is 2.14. The van der Waals surface area contributed by atoms with Crippen LogP contribution in [0.2, 0.25) is 10.0 Å². The first-order valence-corrected chi connectivity index (χ1v) is 6.59. The van der Waals surface area contributed by atoms with Crippen LogP contribution >= 0.6 is 23.2 Å². The van der Waals surface area contributed by atoms with Crippen molar-refractivity contribution in [2.45, 2.75) is 13.8 Å². The number of benzene rings is 1. The molecule has 2 heterocycles. The highest BCUT2D eigenvalue weighted by atomic mass is 35.5. The van der Waals surface area contributed by atoms with E-state index in [-0.39, 0.29) is 0 Å². The number of aryl methyl sites for hydroxylation is 2. The van der Waals surface area contributed by atoms with Crippen LogP contribution in [0.4, 0.5) is 0 Å². The Balaban J connectivity index is 2.31. The summed E-state index contributed by atoms with van der Waals surface area (Å²) in [4.78, 5) is 4.55. The van der Waals surface area contributed by atoms with E-state index in [9.17, 15) is 0 Å². The quantitative estimate of drug-likeness (QED) is 0.715. The SMILES string of the molecule is Cc1cc(C)c2n[nH]c(-c3ccc(Cl)cc3Cl)c2n1. The fraction of sp³-hybridized carbons (Fsp3) is 0.143. The molecule has 96 valence electrons. The summed E-state index contributed by atoms with van der Waals surface area (Å²) < 4.78 is 0. The summed E-state index contributed by atoms with van der Waals surface area (Å²) in [6.07, 6.45) is 0. The van der Waals surface area contributed by atoms with Crippen LogP contribution < -0.4 is 0 Å². The van der Waals surface area contributed by atoms with E-state index in [0.29, 0.717) is 10.0 Å². The number of rotatable bonds is 1. The van der Waals surface area contributed by atoms with Gasteiger partial charge in [0.25, 0.3) is 0 Å². The molecule has 0 unspecified atom stereocenters. The predicted octanol–water partition coefficient (Wildman–Crippen LogP) is 4.55. The summed E-state index contributed by atoms with van der Waals surface area (Å²) in [5.41, 5.74) is 5.43. The average Bonchev–Trinajstić information content (AvgIpc) is 2.73. The molecule has 0 saturated carbocycles. The zero-order chi connectivity index (χ0) is 13.6. The van der Waals surface area contributed by atoms with Gasteiger partial charge in [0.1, 0.15) is 11.0 Å². The van der Waals surface area contributed by atoms with E-state index in [1.165, 1.54) is 0 Å². The van der Waals surface area contributed by atoms with Gasteiger partial charge in [0, 0.05) is 16.3 Å². The second kappa shape index (κ2) is 4.51. The van der Waals surface area contributed by atoms with Gasteiger partial charge in [-0.25, -0.2) is 4.98 Å². The molecule has 0 atom stereocenters. The number of aromatic nitrogens is 3. The smallest absolute Gasteiger partial charge is 0.117 e. The van der Waals surface area contributed by atoms with Crippen LogP contribution in [-0.2, 0) is 0 Å². The van der Waals surface area contributed by atoms with E-state index in [4.69, 9.17) is 23.2 Å². The molecular formula is C14H11Cl2N3. The molecule has 5 heteroatoms. The third-order valence-electron chi connectivity index (χ3n) is 3.03. The van der Waals surface area contributed by atoms with Crippen molar-refractivity contribution in [3.05, 3.63) is 45.6 Å².